The van der Waals surface area contributed by atoms with Gasteiger partial charge in [0.15, 0.2) is 0 Å². The first-order valence-corrected chi connectivity index (χ1v) is 3.98. The molecule has 0 bridgehead atoms. The summed E-state index contributed by atoms with van der Waals surface area (Å²) in [7, 11) is 1.74. The monoisotopic (exact) mass is 159 g/mol. The topological polar surface area (TPSA) is 38.3 Å². The summed E-state index contributed by atoms with van der Waals surface area (Å²) < 4.78 is 0. The Kier molecular flexibility index (Phi) is 6.07. The summed E-state index contributed by atoms with van der Waals surface area (Å²) in [4.78, 5) is 15.2. The van der Waals surface area contributed by atoms with Crippen LogP contribution in [0.3, 0.4) is 0 Å². The maximum atomic E-state index is 10.0. The molecule has 0 saturated carbocycles. The van der Waals surface area contributed by atoms with Gasteiger partial charge in [-0.2, -0.15) is 0 Å². The zero-order chi connectivity index (χ0) is 8.69. The lowest BCUT2D eigenvalue weighted by Gasteiger charge is -2.17. The van der Waals surface area contributed by atoms with E-state index in [1.165, 1.54) is 0 Å². The fourth-order valence-electron chi connectivity index (χ4n) is 0.868. The highest BCUT2D eigenvalue weighted by Gasteiger charge is 2.11. The smallest absolute Gasteiger partial charge is 0.120 e. The van der Waals surface area contributed by atoms with E-state index in [4.69, 9.17) is 4.84 Å². The molecule has 0 aliphatic heterocycles. The largest absolute Gasteiger partial charge is 0.303 e. The van der Waals surface area contributed by atoms with Crippen molar-refractivity contribution in [1.82, 2.24) is 5.48 Å². The Labute approximate surface area is 68.1 Å². The molecular formula is C8H17NO2. The van der Waals surface area contributed by atoms with Crippen LogP contribution < -0.4 is 5.48 Å². The second kappa shape index (κ2) is 6.31. The fourth-order valence-corrected chi connectivity index (χ4v) is 0.868. The number of carbonyl (C=O) groups is 1. The van der Waals surface area contributed by atoms with Gasteiger partial charge in [0.25, 0.3) is 0 Å². The lowest BCUT2D eigenvalue weighted by Crippen LogP contribution is -2.24. The SMILES string of the molecule is CNOC(C)C(C)CCC=O. The normalized spacial score (nSPS) is 15.9. The van der Waals surface area contributed by atoms with Crippen molar-refractivity contribution >= 4 is 6.29 Å². The van der Waals surface area contributed by atoms with Gasteiger partial charge in [-0.25, -0.2) is 5.48 Å². The van der Waals surface area contributed by atoms with Gasteiger partial charge in [0, 0.05) is 13.5 Å². The predicted octanol–water partition coefficient (Wildman–Crippen LogP) is 1.14. The van der Waals surface area contributed by atoms with Gasteiger partial charge < -0.3 is 4.79 Å². The van der Waals surface area contributed by atoms with Gasteiger partial charge in [0.05, 0.1) is 6.10 Å². The molecule has 0 aliphatic carbocycles. The van der Waals surface area contributed by atoms with E-state index in [1.807, 2.05) is 6.92 Å². The summed E-state index contributed by atoms with van der Waals surface area (Å²) in [5.74, 6) is 0.424. The summed E-state index contributed by atoms with van der Waals surface area (Å²) in [6.45, 7) is 4.07. The van der Waals surface area contributed by atoms with E-state index in [0.717, 1.165) is 12.7 Å². The van der Waals surface area contributed by atoms with Crippen LogP contribution in [-0.4, -0.2) is 19.4 Å². The Morgan fingerprint density at radius 1 is 1.55 bits per heavy atom. The first-order valence-electron chi connectivity index (χ1n) is 3.98. The molecule has 3 nitrogen and oxygen atoms in total. The zero-order valence-electron chi connectivity index (χ0n) is 7.46. The van der Waals surface area contributed by atoms with E-state index in [0.29, 0.717) is 12.3 Å². The van der Waals surface area contributed by atoms with Crippen molar-refractivity contribution in [3.8, 4) is 0 Å². The van der Waals surface area contributed by atoms with Crippen molar-refractivity contribution in [3.05, 3.63) is 0 Å². The highest BCUT2D eigenvalue weighted by molar-refractivity contribution is 5.49. The van der Waals surface area contributed by atoms with Gasteiger partial charge in [-0.05, 0) is 19.3 Å². The van der Waals surface area contributed by atoms with Gasteiger partial charge >= 0.3 is 0 Å². The number of nitrogens with one attached hydrogen (secondary N) is 1. The van der Waals surface area contributed by atoms with E-state index < -0.39 is 0 Å². The molecule has 2 atom stereocenters. The van der Waals surface area contributed by atoms with Crippen molar-refractivity contribution < 1.29 is 9.63 Å². The quantitative estimate of drug-likeness (QED) is 0.466. The third kappa shape index (κ3) is 4.93. The lowest BCUT2D eigenvalue weighted by atomic mass is 10.0. The Morgan fingerprint density at radius 2 is 2.18 bits per heavy atom. The van der Waals surface area contributed by atoms with Crippen LogP contribution in [0, 0.1) is 5.92 Å². The zero-order valence-corrected chi connectivity index (χ0v) is 7.46. The van der Waals surface area contributed by atoms with Crippen LogP contribution in [0.25, 0.3) is 0 Å². The maximum Gasteiger partial charge on any atom is 0.120 e. The minimum Gasteiger partial charge on any atom is -0.303 e. The van der Waals surface area contributed by atoms with Crippen LogP contribution in [0.1, 0.15) is 26.7 Å². The Balaban J connectivity index is 3.45. The van der Waals surface area contributed by atoms with Crippen LogP contribution in [0.4, 0.5) is 0 Å². The molecule has 0 aliphatic rings. The van der Waals surface area contributed by atoms with Gasteiger partial charge in [-0.3, -0.25) is 4.84 Å². The van der Waals surface area contributed by atoms with Gasteiger partial charge in [-0.1, -0.05) is 6.92 Å². The average molecular weight is 159 g/mol. The molecule has 0 fully saturated rings. The molecule has 0 saturated heterocycles. The molecule has 0 amide bonds. The van der Waals surface area contributed by atoms with Crippen molar-refractivity contribution in [2.75, 3.05) is 7.05 Å². The molecule has 0 rings (SSSR count). The molecule has 0 aromatic rings. The summed E-state index contributed by atoms with van der Waals surface area (Å²) in [6.07, 6.45) is 2.63. The van der Waals surface area contributed by atoms with E-state index in [-0.39, 0.29) is 6.10 Å². The van der Waals surface area contributed by atoms with E-state index in [1.54, 1.807) is 7.05 Å². The minimum absolute atomic E-state index is 0.167. The molecular weight excluding hydrogens is 142 g/mol. The molecule has 2 unspecified atom stereocenters. The second-order valence-electron chi connectivity index (χ2n) is 2.75. The summed E-state index contributed by atoms with van der Waals surface area (Å²) in [5.41, 5.74) is 2.64. The first-order chi connectivity index (χ1) is 5.22. The first kappa shape index (κ1) is 10.6. The molecule has 0 aromatic carbocycles. The Morgan fingerprint density at radius 3 is 2.64 bits per heavy atom. The number of hydrogen-bond acceptors (Lipinski definition) is 3. The Bertz CT molecular complexity index is 106. The third-order valence-electron chi connectivity index (χ3n) is 1.84. The number of carbonyl (C=O) groups excluding carboxylic acids is 1. The second-order valence-corrected chi connectivity index (χ2v) is 2.75. The third-order valence-corrected chi connectivity index (χ3v) is 1.84. The standard InChI is InChI=1S/C8H17NO2/c1-7(5-4-6-10)8(2)11-9-3/h6-9H,4-5H2,1-3H3. The fraction of sp³-hybridized carbons (Fsp3) is 0.875. The van der Waals surface area contributed by atoms with Crippen LogP contribution in [0.15, 0.2) is 0 Å². The van der Waals surface area contributed by atoms with E-state index in [2.05, 4.69) is 12.4 Å². The molecule has 0 radical (unpaired) electrons. The highest BCUT2D eigenvalue weighted by atomic mass is 16.7. The predicted molar refractivity (Wildman–Crippen MR) is 44.1 cm³/mol. The molecule has 0 spiro atoms. The number of hydroxylamine groups is 1. The molecule has 0 heterocycles. The molecule has 11 heavy (non-hydrogen) atoms. The van der Waals surface area contributed by atoms with Crippen molar-refractivity contribution in [3.63, 3.8) is 0 Å². The summed E-state index contributed by atoms with van der Waals surface area (Å²) >= 11 is 0. The molecule has 66 valence electrons. The van der Waals surface area contributed by atoms with E-state index in [9.17, 15) is 4.79 Å². The number of rotatable bonds is 6. The van der Waals surface area contributed by atoms with Gasteiger partial charge in [0.2, 0.25) is 0 Å². The highest BCUT2D eigenvalue weighted by Crippen LogP contribution is 2.11. The lowest BCUT2D eigenvalue weighted by molar-refractivity contribution is -0.108. The van der Waals surface area contributed by atoms with Crippen LogP contribution in [-0.2, 0) is 9.63 Å². The van der Waals surface area contributed by atoms with Crippen LogP contribution in [0.5, 0.6) is 0 Å². The average Bonchev–Trinajstić information content (AvgIpc) is 2.00. The summed E-state index contributed by atoms with van der Waals surface area (Å²) in [6, 6.07) is 0. The minimum atomic E-state index is 0.167. The van der Waals surface area contributed by atoms with Crippen molar-refractivity contribution in [2.45, 2.75) is 32.8 Å². The van der Waals surface area contributed by atoms with Crippen molar-refractivity contribution in [1.29, 1.82) is 0 Å². The van der Waals surface area contributed by atoms with E-state index >= 15 is 0 Å². The van der Waals surface area contributed by atoms with Crippen LogP contribution in [0.2, 0.25) is 0 Å². The van der Waals surface area contributed by atoms with Gasteiger partial charge in [0.1, 0.15) is 6.29 Å². The molecule has 1 N–H and O–H groups in total. The van der Waals surface area contributed by atoms with Crippen molar-refractivity contribution in [2.24, 2.45) is 5.92 Å². The van der Waals surface area contributed by atoms with Crippen LogP contribution >= 0.6 is 0 Å². The molecule has 3 heteroatoms. The molecule has 0 aromatic heterocycles. The number of aldehydes is 1. The number of hydrogen-bond donors (Lipinski definition) is 1. The maximum absolute atomic E-state index is 10.0. The Hall–Kier alpha value is -0.410. The van der Waals surface area contributed by atoms with Gasteiger partial charge in [-0.15, -0.1) is 0 Å². The summed E-state index contributed by atoms with van der Waals surface area (Å²) in [5, 5.41) is 0.